The SMILES string of the molecule is Cl.NCCN(Cc1ccccc1)Cc1cc(Cl)cs1. The van der Waals surface area contributed by atoms with Crippen LogP contribution in [-0.4, -0.2) is 18.0 Å². The van der Waals surface area contributed by atoms with Gasteiger partial charge in [0.1, 0.15) is 0 Å². The van der Waals surface area contributed by atoms with Gasteiger partial charge in [0, 0.05) is 36.4 Å². The smallest absolute Gasteiger partial charge is 0.0516 e. The third-order valence-corrected chi connectivity index (χ3v) is 3.96. The summed E-state index contributed by atoms with van der Waals surface area (Å²) >= 11 is 7.65. The van der Waals surface area contributed by atoms with Crippen molar-refractivity contribution in [2.75, 3.05) is 13.1 Å². The van der Waals surface area contributed by atoms with Gasteiger partial charge < -0.3 is 5.73 Å². The largest absolute Gasteiger partial charge is 0.329 e. The average molecular weight is 317 g/mol. The minimum Gasteiger partial charge on any atom is -0.329 e. The van der Waals surface area contributed by atoms with E-state index in [1.807, 2.05) is 17.5 Å². The highest BCUT2D eigenvalue weighted by Gasteiger charge is 2.07. The Hall–Kier alpha value is -0.580. The first kappa shape index (κ1) is 16.5. The summed E-state index contributed by atoms with van der Waals surface area (Å²) in [7, 11) is 0. The molecule has 1 aromatic heterocycles. The molecule has 0 bridgehead atoms. The van der Waals surface area contributed by atoms with Gasteiger partial charge in [-0.25, -0.2) is 0 Å². The monoisotopic (exact) mass is 316 g/mol. The number of halogens is 2. The van der Waals surface area contributed by atoms with E-state index in [0.717, 1.165) is 24.7 Å². The molecule has 0 aliphatic rings. The standard InChI is InChI=1S/C14H17ClN2S.ClH/c15-13-8-14(18-11-13)10-17(7-6-16)9-12-4-2-1-3-5-12;/h1-5,8,11H,6-7,9-10,16H2;1H. The second kappa shape index (κ2) is 8.56. The van der Waals surface area contributed by atoms with Crippen molar-refractivity contribution in [3.63, 3.8) is 0 Å². The van der Waals surface area contributed by atoms with Crippen LogP contribution in [0.4, 0.5) is 0 Å². The van der Waals surface area contributed by atoms with Crippen LogP contribution >= 0.6 is 35.3 Å². The molecule has 0 spiro atoms. The Balaban J connectivity index is 0.00000180. The first-order valence-corrected chi connectivity index (χ1v) is 7.23. The fourth-order valence-corrected chi connectivity index (χ4v) is 3.01. The molecular weight excluding hydrogens is 299 g/mol. The van der Waals surface area contributed by atoms with E-state index in [0.29, 0.717) is 6.54 Å². The highest BCUT2D eigenvalue weighted by atomic mass is 35.5. The summed E-state index contributed by atoms with van der Waals surface area (Å²) in [6.45, 7) is 3.40. The second-order valence-electron chi connectivity index (χ2n) is 4.22. The maximum absolute atomic E-state index is 5.95. The maximum atomic E-state index is 5.95. The van der Waals surface area contributed by atoms with Crippen molar-refractivity contribution in [1.82, 2.24) is 4.90 Å². The number of thiophene rings is 1. The third-order valence-electron chi connectivity index (χ3n) is 2.70. The van der Waals surface area contributed by atoms with Gasteiger partial charge in [0.2, 0.25) is 0 Å². The molecule has 1 aromatic carbocycles. The fraction of sp³-hybridized carbons (Fsp3) is 0.286. The molecule has 0 atom stereocenters. The zero-order valence-electron chi connectivity index (χ0n) is 10.6. The number of benzene rings is 1. The lowest BCUT2D eigenvalue weighted by atomic mass is 10.2. The molecular formula is C14H18Cl2N2S. The van der Waals surface area contributed by atoms with Gasteiger partial charge in [-0.05, 0) is 11.6 Å². The second-order valence-corrected chi connectivity index (χ2v) is 5.65. The maximum Gasteiger partial charge on any atom is 0.0516 e. The quantitative estimate of drug-likeness (QED) is 0.878. The molecule has 2 N–H and O–H groups in total. The van der Waals surface area contributed by atoms with Crippen molar-refractivity contribution in [3.05, 3.63) is 57.2 Å². The molecule has 19 heavy (non-hydrogen) atoms. The van der Waals surface area contributed by atoms with Crippen LogP contribution in [0.5, 0.6) is 0 Å². The summed E-state index contributed by atoms with van der Waals surface area (Å²) in [6, 6.07) is 12.5. The molecule has 0 aliphatic carbocycles. The van der Waals surface area contributed by atoms with Crippen LogP contribution in [0.3, 0.4) is 0 Å². The molecule has 2 aromatic rings. The Bertz CT molecular complexity index is 473. The Morgan fingerprint density at radius 3 is 2.47 bits per heavy atom. The highest BCUT2D eigenvalue weighted by molar-refractivity contribution is 7.10. The van der Waals surface area contributed by atoms with E-state index in [2.05, 4.69) is 29.2 Å². The number of nitrogens with two attached hydrogens (primary N) is 1. The van der Waals surface area contributed by atoms with Gasteiger partial charge in [-0.15, -0.1) is 23.7 Å². The Kier molecular flexibility index (Phi) is 7.42. The van der Waals surface area contributed by atoms with Crippen molar-refractivity contribution >= 4 is 35.3 Å². The molecule has 0 fully saturated rings. The first-order chi connectivity index (χ1) is 8.78. The van der Waals surface area contributed by atoms with Crippen molar-refractivity contribution in [3.8, 4) is 0 Å². The summed E-state index contributed by atoms with van der Waals surface area (Å²) in [5, 5.41) is 2.79. The Morgan fingerprint density at radius 1 is 1.16 bits per heavy atom. The molecule has 2 rings (SSSR count). The van der Waals surface area contributed by atoms with Crippen LogP contribution in [0.25, 0.3) is 0 Å². The topological polar surface area (TPSA) is 29.3 Å². The van der Waals surface area contributed by atoms with E-state index in [-0.39, 0.29) is 12.4 Å². The molecule has 0 saturated heterocycles. The van der Waals surface area contributed by atoms with E-state index < -0.39 is 0 Å². The summed E-state index contributed by atoms with van der Waals surface area (Å²) in [4.78, 5) is 3.63. The Morgan fingerprint density at radius 2 is 1.89 bits per heavy atom. The molecule has 0 amide bonds. The zero-order valence-corrected chi connectivity index (χ0v) is 13.0. The highest BCUT2D eigenvalue weighted by Crippen LogP contribution is 2.21. The van der Waals surface area contributed by atoms with Crippen LogP contribution in [0, 0.1) is 0 Å². The van der Waals surface area contributed by atoms with E-state index in [4.69, 9.17) is 17.3 Å². The summed E-state index contributed by atoms with van der Waals surface area (Å²) in [6.07, 6.45) is 0. The summed E-state index contributed by atoms with van der Waals surface area (Å²) < 4.78 is 0. The molecule has 0 unspecified atom stereocenters. The summed E-state index contributed by atoms with van der Waals surface area (Å²) in [5.74, 6) is 0. The lowest BCUT2D eigenvalue weighted by Gasteiger charge is -2.20. The van der Waals surface area contributed by atoms with Gasteiger partial charge in [-0.1, -0.05) is 41.9 Å². The van der Waals surface area contributed by atoms with Crippen molar-refractivity contribution < 1.29 is 0 Å². The molecule has 1 heterocycles. The van der Waals surface area contributed by atoms with Gasteiger partial charge in [-0.2, -0.15) is 0 Å². The number of nitrogens with zero attached hydrogens (tertiary/aromatic N) is 1. The van der Waals surface area contributed by atoms with Crippen molar-refractivity contribution in [2.24, 2.45) is 5.73 Å². The fourth-order valence-electron chi connectivity index (χ4n) is 1.90. The number of rotatable bonds is 6. The zero-order chi connectivity index (χ0) is 12.8. The molecule has 2 nitrogen and oxygen atoms in total. The third kappa shape index (κ3) is 5.51. The molecule has 5 heteroatoms. The van der Waals surface area contributed by atoms with Crippen molar-refractivity contribution in [2.45, 2.75) is 13.1 Å². The molecule has 0 aliphatic heterocycles. The lowest BCUT2D eigenvalue weighted by molar-refractivity contribution is 0.267. The van der Waals surface area contributed by atoms with Gasteiger partial charge in [0.25, 0.3) is 0 Å². The van der Waals surface area contributed by atoms with Crippen LogP contribution < -0.4 is 5.73 Å². The first-order valence-electron chi connectivity index (χ1n) is 5.97. The minimum atomic E-state index is 0. The molecule has 0 radical (unpaired) electrons. The van der Waals surface area contributed by atoms with Gasteiger partial charge in [-0.3, -0.25) is 4.90 Å². The lowest BCUT2D eigenvalue weighted by Crippen LogP contribution is -2.28. The van der Waals surface area contributed by atoms with Crippen LogP contribution in [0.1, 0.15) is 10.4 Å². The van der Waals surface area contributed by atoms with Gasteiger partial charge in [0.15, 0.2) is 0 Å². The number of hydrogen-bond acceptors (Lipinski definition) is 3. The van der Waals surface area contributed by atoms with Crippen LogP contribution in [-0.2, 0) is 13.1 Å². The van der Waals surface area contributed by atoms with Crippen LogP contribution in [0.2, 0.25) is 5.02 Å². The predicted molar refractivity (Wildman–Crippen MR) is 86.2 cm³/mol. The molecule has 104 valence electrons. The van der Waals surface area contributed by atoms with E-state index in [9.17, 15) is 0 Å². The van der Waals surface area contributed by atoms with E-state index in [1.165, 1.54) is 10.4 Å². The van der Waals surface area contributed by atoms with Crippen molar-refractivity contribution in [1.29, 1.82) is 0 Å². The predicted octanol–water partition coefficient (Wildman–Crippen LogP) is 3.78. The summed E-state index contributed by atoms with van der Waals surface area (Å²) in [5.41, 5.74) is 6.99. The number of hydrogen-bond donors (Lipinski definition) is 1. The van der Waals surface area contributed by atoms with E-state index >= 15 is 0 Å². The van der Waals surface area contributed by atoms with E-state index in [1.54, 1.807) is 11.3 Å². The van der Waals surface area contributed by atoms with Gasteiger partial charge in [0.05, 0.1) is 5.02 Å². The Labute approximate surface area is 129 Å². The molecule has 0 saturated carbocycles. The van der Waals surface area contributed by atoms with Crippen LogP contribution in [0.15, 0.2) is 41.8 Å². The van der Waals surface area contributed by atoms with Gasteiger partial charge >= 0.3 is 0 Å². The normalized spacial score (nSPS) is 10.5. The average Bonchev–Trinajstić information content (AvgIpc) is 2.76. The minimum absolute atomic E-state index is 0.